The molecule has 3 N–H and O–H groups in total. The molecule has 138 valence electrons. The Kier molecular flexibility index (Phi) is 5.18. The predicted octanol–water partition coefficient (Wildman–Crippen LogP) is 1.78. The van der Waals surface area contributed by atoms with Gasteiger partial charge < -0.3 is 10.6 Å². The highest BCUT2D eigenvalue weighted by Crippen LogP contribution is 2.40. The zero-order valence-electron chi connectivity index (χ0n) is 14.8. The highest BCUT2D eigenvalue weighted by Gasteiger charge is 2.36. The van der Waals surface area contributed by atoms with Crippen molar-refractivity contribution in [3.63, 3.8) is 0 Å². The number of sulfonamides is 1. The van der Waals surface area contributed by atoms with Crippen molar-refractivity contribution >= 4 is 21.6 Å². The molecular weight excluding hydrogens is 338 g/mol. The number of nitrogens with zero attached hydrogens (tertiary/aromatic N) is 1. The topological polar surface area (TPSA) is 92.5 Å². The fourth-order valence-corrected chi connectivity index (χ4v) is 4.87. The monoisotopic (exact) mass is 365 g/mol. The van der Waals surface area contributed by atoms with Crippen LogP contribution in [0.4, 0.5) is 5.69 Å². The van der Waals surface area contributed by atoms with E-state index in [4.69, 9.17) is 5.73 Å². The van der Waals surface area contributed by atoms with Crippen molar-refractivity contribution in [2.45, 2.75) is 49.8 Å². The van der Waals surface area contributed by atoms with Crippen LogP contribution >= 0.6 is 0 Å². The summed E-state index contributed by atoms with van der Waals surface area (Å²) in [6.45, 7) is 1.16. The van der Waals surface area contributed by atoms with E-state index < -0.39 is 10.0 Å². The number of hydrogen-bond acceptors (Lipinski definition) is 4. The van der Waals surface area contributed by atoms with Gasteiger partial charge in [0.25, 0.3) is 0 Å². The fraction of sp³-hybridized carbons (Fsp3) is 0.611. The van der Waals surface area contributed by atoms with Gasteiger partial charge in [-0.15, -0.1) is 0 Å². The third-order valence-corrected chi connectivity index (χ3v) is 7.11. The number of nitrogens with two attached hydrogens (primary N) is 1. The minimum Gasteiger partial charge on any atom is -0.330 e. The largest absolute Gasteiger partial charge is 0.330 e. The standard InChI is InChI=1S/C18H27N3O3S/c1-20-25(23,24)15-5-6-16-14(11-15)7-10-21(16)17(22)12-18(13-19)8-3-2-4-9-18/h5-6,11,20H,2-4,7-10,12-13,19H2,1H3. The molecule has 1 fully saturated rings. The lowest BCUT2D eigenvalue weighted by atomic mass is 9.71. The first-order chi connectivity index (χ1) is 11.9. The molecule has 0 aromatic heterocycles. The van der Waals surface area contributed by atoms with Gasteiger partial charge in [0.15, 0.2) is 0 Å². The molecule has 1 aromatic carbocycles. The van der Waals surface area contributed by atoms with Crippen molar-refractivity contribution in [2.24, 2.45) is 11.1 Å². The second-order valence-electron chi connectivity index (χ2n) is 7.24. The lowest BCUT2D eigenvalue weighted by molar-refractivity contribution is -0.121. The Morgan fingerprint density at radius 2 is 2.00 bits per heavy atom. The number of carbonyl (C=O) groups is 1. The highest BCUT2D eigenvalue weighted by atomic mass is 32.2. The second-order valence-corrected chi connectivity index (χ2v) is 9.12. The summed E-state index contributed by atoms with van der Waals surface area (Å²) in [7, 11) is -2.07. The molecule has 0 spiro atoms. The van der Waals surface area contributed by atoms with Crippen LogP contribution < -0.4 is 15.4 Å². The maximum absolute atomic E-state index is 12.9. The molecule has 1 amide bonds. The van der Waals surface area contributed by atoms with Gasteiger partial charge >= 0.3 is 0 Å². The Labute approximate surface area is 149 Å². The Morgan fingerprint density at radius 1 is 1.28 bits per heavy atom. The molecule has 1 heterocycles. The van der Waals surface area contributed by atoms with Crippen LogP contribution in [0.5, 0.6) is 0 Å². The van der Waals surface area contributed by atoms with E-state index in [0.29, 0.717) is 25.9 Å². The molecule has 7 heteroatoms. The van der Waals surface area contributed by atoms with Crippen molar-refractivity contribution in [1.82, 2.24) is 4.72 Å². The highest BCUT2D eigenvalue weighted by molar-refractivity contribution is 7.89. The zero-order valence-corrected chi connectivity index (χ0v) is 15.6. The maximum Gasteiger partial charge on any atom is 0.240 e. The molecule has 0 unspecified atom stereocenters. The predicted molar refractivity (Wildman–Crippen MR) is 97.9 cm³/mol. The summed E-state index contributed by atoms with van der Waals surface area (Å²) in [5.74, 6) is 0.107. The molecule has 1 aromatic rings. The Balaban J connectivity index is 1.79. The third kappa shape index (κ3) is 3.59. The Morgan fingerprint density at radius 3 is 2.64 bits per heavy atom. The van der Waals surface area contributed by atoms with Crippen LogP contribution in [-0.2, 0) is 21.2 Å². The van der Waals surface area contributed by atoms with Crippen molar-refractivity contribution in [3.8, 4) is 0 Å². The van der Waals surface area contributed by atoms with Crippen LogP contribution in [0.2, 0.25) is 0 Å². The lowest BCUT2D eigenvalue weighted by Gasteiger charge is -2.36. The van der Waals surface area contributed by atoms with Gasteiger partial charge in [-0.3, -0.25) is 4.79 Å². The number of hydrogen-bond donors (Lipinski definition) is 2. The quantitative estimate of drug-likeness (QED) is 0.832. The average Bonchev–Trinajstić information content (AvgIpc) is 3.05. The van der Waals surface area contributed by atoms with Gasteiger partial charge in [-0.25, -0.2) is 13.1 Å². The van der Waals surface area contributed by atoms with Gasteiger partial charge in [0.05, 0.1) is 4.90 Å². The summed E-state index contributed by atoms with van der Waals surface area (Å²) in [6, 6.07) is 4.99. The van der Waals surface area contributed by atoms with Gasteiger partial charge in [-0.1, -0.05) is 19.3 Å². The first-order valence-electron chi connectivity index (χ1n) is 8.98. The van der Waals surface area contributed by atoms with E-state index in [-0.39, 0.29) is 16.2 Å². The molecule has 1 aliphatic carbocycles. The number of amides is 1. The van der Waals surface area contributed by atoms with E-state index in [0.717, 1.165) is 36.9 Å². The van der Waals surface area contributed by atoms with Crippen LogP contribution in [0.1, 0.15) is 44.1 Å². The van der Waals surface area contributed by atoms with Crippen LogP contribution in [0.15, 0.2) is 23.1 Å². The third-order valence-electron chi connectivity index (χ3n) is 5.70. The summed E-state index contributed by atoms with van der Waals surface area (Å²) in [4.78, 5) is 15.0. The molecule has 6 nitrogen and oxygen atoms in total. The smallest absolute Gasteiger partial charge is 0.240 e. The zero-order chi connectivity index (χ0) is 18.1. The van der Waals surface area contributed by atoms with Gasteiger partial charge in [0.1, 0.15) is 0 Å². The molecule has 25 heavy (non-hydrogen) atoms. The molecule has 2 aliphatic rings. The molecule has 1 saturated carbocycles. The Hall–Kier alpha value is -1.44. The lowest BCUT2D eigenvalue weighted by Crippen LogP contribution is -2.40. The van der Waals surface area contributed by atoms with E-state index in [1.54, 1.807) is 23.1 Å². The summed E-state index contributed by atoms with van der Waals surface area (Å²) in [6.07, 6.45) is 6.73. The molecule has 3 rings (SSSR count). The minimum absolute atomic E-state index is 0.0620. The van der Waals surface area contributed by atoms with Gasteiger partial charge in [0.2, 0.25) is 15.9 Å². The average molecular weight is 365 g/mol. The SMILES string of the molecule is CNS(=O)(=O)c1ccc2c(c1)CCN2C(=O)CC1(CN)CCCCC1. The van der Waals surface area contributed by atoms with Crippen molar-refractivity contribution in [2.75, 3.05) is 25.0 Å². The normalized spacial score (nSPS) is 19.7. The summed E-state index contributed by atoms with van der Waals surface area (Å²) in [5, 5.41) is 0. The molecule has 1 aliphatic heterocycles. The van der Waals surface area contributed by atoms with Gasteiger partial charge in [-0.05, 0) is 62.0 Å². The van der Waals surface area contributed by atoms with Crippen LogP contribution in [0.3, 0.4) is 0 Å². The number of benzene rings is 1. The van der Waals surface area contributed by atoms with Crippen LogP contribution in [0, 0.1) is 5.41 Å². The minimum atomic E-state index is -3.46. The van der Waals surface area contributed by atoms with E-state index in [1.807, 2.05) is 0 Å². The van der Waals surface area contributed by atoms with Crippen LogP contribution in [0.25, 0.3) is 0 Å². The van der Waals surface area contributed by atoms with Crippen molar-refractivity contribution < 1.29 is 13.2 Å². The summed E-state index contributed by atoms with van der Waals surface area (Å²) >= 11 is 0. The van der Waals surface area contributed by atoms with Gasteiger partial charge in [0, 0.05) is 18.7 Å². The number of nitrogens with one attached hydrogen (secondary N) is 1. The molecular formula is C18H27N3O3S. The van der Waals surface area contributed by atoms with E-state index >= 15 is 0 Å². The van der Waals surface area contributed by atoms with Gasteiger partial charge in [-0.2, -0.15) is 0 Å². The first kappa shape index (κ1) is 18.4. The number of rotatable bonds is 5. The number of carbonyl (C=O) groups excluding carboxylic acids is 1. The maximum atomic E-state index is 12.9. The molecule has 0 bridgehead atoms. The molecule has 0 atom stereocenters. The summed E-state index contributed by atoms with van der Waals surface area (Å²) in [5.41, 5.74) is 7.70. The molecule has 0 radical (unpaired) electrons. The number of anilines is 1. The fourth-order valence-electron chi connectivity index (χ4n) is 4.09. The van der Waals surface area contributed by atoms with Crippen molar-refractivity contribution in [3.05, 3.63) is 23.8 Å². The molecule has 0 saturated heterocycles. The number of fused-ring (bicyclic) bond motifs is 1. The van der Waals surface area contributed by atoms with E-state index in [1.165, 1.54) is 13.5 Å². The second kappa shape index (κ2) is 7.05. The van der Waals surface area contributed by atoms with E-state index in [2.05, 4.69) is 4.72 Å². The first-order valence-corrected chi connectivity index (χ1v) is 10.5. The Bertz CT molecular complexity index is 755. The van der Waals surface area contributed by atoms with Crippen LogP contribution in [-0.4, -0.2) is 34.5 Å². The summed E-state index contributed by atoms with van der Waals surface area (Å²) < 4.78 is 26.2. The van der Waals surface area contributed by atoms with Crippen molar-refractivity contribution in [1.29, 1.82) is 0 Å². The van der Waals surface area contributed by atoms with E-state index in [9.17, 15) is 13.2 Å².